The van der Waals surface area contributed by atoms with E-state index in [9.17, 15) is 9.59 Å². The fourth-order valence-electron chi connectivity index (χ4n) is 1.78. The molecule has 0 saturated heterocycles. The van der Waals surface area contributed by atoms with Gasteiger partial charge in [-0.15, -0.1) is 0 Å². The van der Waals surface area contributed by atoms with E-state index in [2.05, 4.69) is 14.7 Å². The van der Waals surface area contributed by atoms with Crippen LogP contribution >= 0.6 is 0 Å². The number of nitrogens with one attached hydrogen (secondary N) is 2. The van der Waals surface area contributed by atoms with Gasteiger partial charge in [-0.2, -0.15) is 0 Å². The summed E-state index contributed by atoms with van der Waals surface area (Å²) in [5, 5.41) is 0. The summed E-state index contributed by atoms with van der Waals surface area (Å²) in [6, 6.07) is 5.68. The molecular formula is C12H15N3O3. The second-order valence-electron chi connectivity index (χ2n) is 4.10. The molecule has 0 aliphatic heterocycles. The minimum absolute atomic E-state index is 0.214. The fraction of sp³-hybridized carbons (Fsp3) is 0.333. The Morgan fingerprint density at radius 1 is 1.33 bits per heavy atom. The van der Waals surface area contributed by atoms with Crippen LogP contribution in [0.2, 0.25) is 0 Å². The van der Waals surface area contributed by atoms with Gasteiger partial charge in [0.05, 0.1) is 18.1 Å². The number of hydrogen-bond donors (Lipinski definition) is 2. The van der Waals surface area contributed by atoms with Crippen LogP contribution in [0.3, 0.4) is 0 Å². The summed E-state index contributed by atoms with van der Waals surface area (Å²) in [7, 11) is 3.04. The Bertz CT molecular complexity index is 614. The van der Waals surface area contributed by atoms with E-state index >= 15 is 0 Å². The zero-order valence-electron chi connectivity index (χ0n) is 10.3. The summed E-state index contributed by atoms with van der Waals surface area (Å²) >= 11 is 0. The molecule has 2 N–H and O–H groups in total. The number of benzene rings is 1. The lowest BCUT2D eigenvalue weighted by atomic mass is 10.1. The quantitative estimate of drug-likeness (QED) is 0.854. The molecule has 6 nitrogen and oxygen atoms in total. The highest BCUT2D eigenvalue weighted by Crippen LogP contribution is 2.11. The molecule has 1 aromatic carbocycles. The molecule has 2 aromatic rings. The van der Waals surface area contributed by atoms with Crippen molar-refractivity contribution in [3.63, 3.8) is 0 Å². The van der Waals surface area contributed by atoms with E-state index in [0.717, 1.165) is 16.6 Å². The molecule has 0 saturated carbocycles. The molecule has 0 fully saturated rings. The summed E-state index contributed by atoms with van der Waals surface area (Å²) in [6.07, 6.45) is 0.348. The van der Waals surface area contributed by atoms with E-state index in [1.54, 1.807) is 7.05 Å². The number of fused-ring (bicyclic) bond motifs is 1. The molecule has 1 amide bonds. The summed E-state index contributed by atoms with van der Waals surface area (Å²) in [5.41, 5.74) is 2.39. The first kappa shape index (κ1) is 12.2. The Balaban J connectivity index is 2.08. The van der Waals surface area contributed by atoms with Crippen LogP contribution in [0.1, 0.15) is 5.56 Å². The second-order valence-corrected chi connectivity index (χ2v) is 4.10. The molecule has 0 bridgehead atoms. The molecule has 0 atom stereocenters. The van der Waals surface area contributed by atoms with E-state index in [4.69, 9.17) is 0 Å². The van der Waals surface area contributed by atoms with Crippen molar-refractivity contribution >= 4 is 17.1 Å². The summed E-state index contributed by atoms with van der Waals surface area (Å²) in [5.74, 6) is 0. The third-order valence-electron chi connectivity index (χ3n) is 2.80. The molecule has 18 heavy (non-hydrogen) atoms. The Labute approximate surface area is 104 Å². The van der Waals surface area contributed by atoms with Gasteiger partial charge in [0, 0.05) is 13.6 Å². The third-order valence-corrected chi connectivity index (χ3v) is 2.80. The number of amides is 1. The largest absolute Gasteiger partial charge is 0.453 e. The number of H-pyrrole nitrogens is 2. The first-order valence-corrected chi connectivity index (χ1v) is 5.60. The van der Waals surface area contributed by atoms with Gasteiger partial charge in [-0.25, -0.2) is 9.59 Å². The number of hydrogen-bond acceptors (Lipinski definition) is 3. The Morgan fingerprint density at radius 2 is 2.06 bits per heavy atom. The lowest BCUT2D eigenvalue weighted by molar-refractivity contribution is 0.134. The summed E-state index contributed by atoms with van der Waals surface area (Å²) in [6.45, 7) is 0.562. The van der Waals surface area contributed by atoms with Crippen molar-refractivity contribution in [2.45, 2.75) is 6.42 Å². The van der Waals surface area contributed by atoms with Gasteiger partial charge >= 0.3 is 11.8 Å². The molecule has 0 unspecified atom stereocenters. The summed E-state index contributed by atoms with van der Waals surface area (Å²) < 4.78 is 4.61. The average Bonchev–Trinajstić information content (AvgIpc) is 2.74. The monoisotopic (exact) mass is 249 g/mol. The van der Waals surface area contributed by atoms with Gasteiger partial charge in [-0.05, 0) is 24.1 Å². The number of carbonyl (C=O) groups is 1. The molecule has 1 heterocycles. The van der Waals surface area contributed by atoms with Crippen molar-refractivity contribution < 1.29 is 9.53 Å². The van der Waals surface area contributed by atoms with Crippen molar-refractivity contribution in [3.8, 4) is 0 Å². The van der Waals surface area contributed by atoms with Crippen LogP contribution in [0.15, 0.2) is 23.0 Å². The fourth-order valence-corrected chi connectivity index (χ4v) is 1.78. The minimum Gasteiger partial charge on any atom is -0.453 e. The predicted molar refractivity (Wildman–Crippen MR) is 67.7 cm³/mol. The van der Waals surface area contributed by atoms with Gasteiger partial charge < -0.3 is 19.6 Å². The topological polar surface area (TPSA) is 78.2 Å². The Kier molecular flexibility index (Phi) is 3.36. The molecular weight excluding hydrogens is 234 g/mol. The second kappa shape index (κ2) is 4.95. The van der Waals surface area contributed by atoms with Crippen molar-refractivity contribution in [1.82, 2.24) is 14.9 Å². The number of likely N-dealkylation sites (N-methyl/N-ethyl adjacent to an activating group) is 1. The molecule has 0 aliphatic carbocycles. The van der Waals surface area contributed by atoms with Crippen LogP contribution in [0.25, 0.3) is 11.0 Å². The molecule has 96 valence electrons. The molecule has 0 spiro atoms. The smallest absolute Gasteiger partial charge is 0.409 e. The molecule has 1 aromatic heterocycles. The van der Waals surface area contributed by atoms with Gasteiger partial charge in [-0.1, -0.05) is 6.07 Å². The van der Waals surface area contributed by atoms with Crippen molar-refractivity contribution in [3.05, 3.63) is 34.2 Å². The number of carbonyl (C=O) groups excluding carboxylic acids is 1. The first-order chi connectivity index (χ1) is 8.60. The lowest BCUT2D eigenvalue weighted by Crippen LogP contribution is -2.28. The van der Waals surface area contributed by atoms with Gasteiger partial charge in [0.1, 0.15) is 0 Å². The van der Waals surface area contributed by atoms with Gasteiger partial charge in [0.15, 0.2) is 0 Å². The van der Waals surface area contributed by atoms with Crippen LogP contribution in [-0.4, -0.2) is 41.7 Å². The van der Waals surface area contributed by atoms with E-state index in [1.807, 2.05) is 18.2 Å². The van der Waals surface area contributed by atoms with Crippen molar-refractivity contribution in [2.75, 3.05) is 20.7 Å². The van der Waals surface area contributed by atoms with Gasteiger partial charge in [-0.3, -0.25) is 0 Å². The number of ether oxygens (including phenoxy) is 1. The predicted octanol–water partition coefficient (Wildman–Crippen LogP) is 1.10. The number of methoxy groups -OCH3 is 1. The standard InChI is InChI=1S/C12H15N3O3/c1-15(12(17)18-2)6-5-8-3-4-9-10(7-8)14-11(16)13-9/h3-4,7H,5-6H2,1-2H3,(H2,13,14,16). The van der Waals surface area contributed by atoms with Crippen LogP contribution in [-0.2, 0) is 11.2 Å². The maximum absolute atomic E-state index is 11.2. The highest BCUT2D eigenvalue weighted by atomic mass is 16.5. The van der Waals surface area contributed by atoms with Gasteiger partial charge in [0.25, 0.3) is 0 Å². The molecule has 2 rings (SSSR count). The van der Waals surface area contributed by atoms with Crippen LogP contribution in [0.5, 0.6) is 0 Å². The van der Waals surface area contributed by atoms with E-state index < -0.39 is 0 Å². The van der Waals surface area contributed by atoms with E-state index in [-0.39, 0.29) is 11.8 Å². The average molecular weight is 249 g/mol. The maximum atomic E-state index is 11.2. The van der Waals surface area contributed by atoms with Crippen LogP contribution in [0.4, 0.5) is 4.79 Å². The Morgan fingerprint density at radius 3 is 2.78 bits per heavy atom. The van der Waals surface area contributed by atoms with Gasteiger partial charge in [0.2, 0.25) is 0 Å². The minimum atomic E-state index is -0.355. The SMILES string of the molecule is COC(=O)N(C)CCc1ccc2[nH]c(=O)[nH]c2c1. The highest BCUT2D eigenvalue weighted by Gasteiger charge is 2.08. The highest BCUT2D eigenvalue weighted by molar-refractivity contribution is 5.75. The zero-order chi connectivity index (χ0) is 13.1. The number of nitrogens with zero attached hydrogens (tertiary/aromatic N) is 1. The number of aromatic nitrogens is 2. The zero-order valence-corrected chi connectivity index (χ0v) is 10.3. The van der Waals surface area contributed by atoms with Crippen molar-refractivity contribution in [1.29, 1.82) is 0 Å². The first-order valence-electron chi connectivity index (χ1n) is 5.60. The van der Waals surface area contributed by atoms with Crippen LogP contribution < -0.4 is 5.69 Å². The van der Waals surface area contributed by atoms with Crippen molar-refractivity contribution in [2.24, 2.45) is 0 Å². The molecule has 0 radical (unpaired) electrons. The molecule has 0 aliphatic rings. The van der Waals surface area contributed by atoms with E-state index in [0.29, 0.717) is 13.0 Å². The van der Waals surface area contributed by atoms with Crippen LogP contribution in [0, 0.1) is 0 Å². The maximum Gasteiger partial charge on any atom is 0.409 e. The summed E-state index contributed by atoms with van der Waals surface area (Å²) in [4.78, 5) is 29.2. The molecule has 6 heteroatoms. The number of rotatable bonds is 3. The number of aromatic amines is 2. The third kappa shape index (κ3) is 2.53. The normalized spacial score (nSPS) is 10.6. The number of imidazole rings is 1. The Hall–Kier alpha value is -2.24. The lowest BCUT2D eigenvalue weighted by Gasteiger charge is -2.15. The van der Waals surface area contributed by atoms with E-state index in [1.165, 1.54) is 12.0 Å².